The van der Waals surface area contributed by atoms with E-state index in [2.05, 4.69) is 0 Å². The zero-order chi connectivity index (χ0) is 27.9. The second kappa shape index (κ2) is 12.5. The van der Waals surface area contributed by atoms with Gasteiger partial charge in [0.1, 0.15) is 17.9 Å². The fraction of sp³-hybridized carbons (Fsp3) is 0.440. The van der Waals surface area contributed by atoms with Gasteiger partial charge in [-0.15, -0.1) is 0 Å². The number of amides is 1. The maximum Gasteiger partial charge on any atom is 0.511 e. The summed E-state index contributed by atoms with van der Waals surface area (Å²) in [5, 5.41) is 17.7. The van der Waals surface area contributed by atoms with Crippen LogP contribution >= 0.6 is 0 Å². The van der Waals surface area contributed by atoms with E-state index in [1.807, 2.05) is 0 Å². The monoisotopic (exact) mass is 554 g/mol. The van der Waals surface area contributed by atoms with Gasteiger partial charge in [0, 0.05) is 9.90 Å². The van der Waals surface area contributed by atoms with Gasteiger partial charge >= 0.3 is 23.3 Å². The molecule has 1 atom stereocenters. The molecule has 1 heterocycles. The quantitative estimate of drug-likeness (QED) is 0.314. The van der Waals surface area contributed by atoms with Crippen LogP contribution in [0.3, 0.4) is 0 Å². The first kappa shape index (κ1) is 29.2. The van der Waals surface area contributed by atoms with Gasteiger partial charge in [0.15, 0.2) is 0 Å². The minimum Gasteiger partial charge on any atom is -0.491 e. The van der Waals surface area contributed by atoms with Gasteiger partial charge in [-0.3, -0.25) is 9.69 Å². The smallest absolute Gasteiger partial charge is 0.491 e. The van der Waals surface area contributed by atoms with E-state index in [1.54, 1.807) is 38.1 Å². The third kappa shape index (κ3) is 6.39. The Kier molecular flexibility index (Phi) is 9.61. The molecule has 1 amide bonds. The number of halogens is 3. The van der Waals surface area contributed by atoms with Gasteiger partial charge in [0.2, 0.25) is 0 Å². The molecule has 1 unspecified atom stereocenters. The summed E-state index contributed by atoms with van der Waals surface area (Å²) in [7, 11) is 0. The van der Waals surface area contributed by atoms with Crippen molar-refractivity contribution in [1.29, 1.82) is 5.26 Å². The second-order valence-corrected chi connectivity index (χ2v) is 9.27. The second-order valence-electron chi connectivity index (χ2n) is 8.66. The average molecular weight is 555 g/mol. The number of carbonyl (C=O) groups is 1. The van der Waals surface area contributed by atoms with Gasteiger partial charge in [-0.25, -0.2) is 4.90 Å². The Morgan fingerprint density at radius 1 is 1.03 bits per heavy atom. The molecular weight excluding hydrogens is 527 g/mol. The minimum absolute atomic E-state index is 0.0530. The van der Waals surface area contributed by atoms with Gasteiger partial charge in [0.25, 0.3) is 5.91 Å². The third-order valence-electron chi connectivity index (χ3n) is 5.80. The number of nitrogens with zero attached hydrogens (tertiary/aromatic N) is 3. The zero-order valence-corrected chi connectivity index (χ0v) is 21.6. The molecule has 204 valence electrons. The molecule has 0 saturated carbocycles. The van der Waals surface area contributed by atoms with Crippen molar-refractivity contribution in [2.45, 2.75) is 31.1 Å². The Labute approximate surface area is 221 Å². The van der Waals surface area contributed by atoms with Crippen LogP contribution in [0, 0.1) is 11.3 Å². The number of hydrogen-bond acceptors (Lipinski definition) is 8. The van der Waals surface area contributed by atoms with Crippen LogP contribution in [0.25, 0.3) is 0 Å². The van der Waals surface area contributed by atoms with Gasteiger partial charge in [-0.2, -0.15) is 18.4 Å². The van der Waals surface area contributed by atoms with E-state index in [9.17, 15) is 22.2 Å². The lowest BCUT2D eigenvalue weighted by atomic mass is 10.0. The van der Waals surface area contributed by atoms with E-state index < -0.39 is 34.2 Å². The number of aliphatic hydroxyl groups excluding tert-OH is 1. The molecule has 3 rings (SSSR count). The predicted octanol–water partition coefficient (Wildman–Crippen LogP) is 3.32. The van der Waals surface area contributed by atoms with Crippen LogP contribution < -0.4 is 14.5 Å². The van der Waals surface area contributed by atoms with Crippen LogP contribution in [0.2, 0.25) is 0 Å². The van der Waals surface area contributed by atoms with Crippen LogP contribution in [0.5, 0.6) is 5.75 Å². The van der Waals surface area contributed by atoms with Gasteiger partial charge < -0.3 is 19.3 Å². The highest BCUT2D eigenvalue weighted by Gasteiger charge is 2.59. The summed E-state index contributed by atoms with van der Waals surface area (Å²) in [6.07, 6.45) is -4.81. The molecule has 0 radical (unpaired) electrons. The Bertz CT molecular complexity index is 1170. The Morgan fingerprint density at radius 2 is 1.63 bits per heavy atom. The van der Waals surface area contributed by atoms with E-state index in [1.165, 1.54) is 17.0 Å². The summed E-state index contributed by atoms with van der Waals surface area (Å²) in [4.78, 5) is 15.9. The molecule has 1 aliphatic heterocycles. The molecular formula is C25H27F3N3O6S+. The highest BCUT2D eigenvalue weighted by atomic mass is 32.1. The first-order valence-electron chi connectivity index (χ1n) is 11.6. The number of aliphatic hydroxyl groups is 1. The van der Waals surface area contributed by atoms with Crippen molar-refractivity contribution in [2.24, 2.45) is 0 Å². The number of ether oxygens (including phenoxy) is 3. The highest BCUT2D eigenvalue weighted by Crippen LogP contribution is 2.41. The van der Waals surface area contributed by atoms with Gasteiger partial charge in [-0.05, 0) is 56.3 Å². The standard InChI is InChI=1S/C25H27F3N3O6S/c1-24(2)22(33)30(19-4-3-17(16-29)21(15-19)25(26,27)28)23(38-34)31(24)18-5-7-20(8-6-18)37-14-13-36-12-11-35-10-9-32/h3-8,15,23,32H,9-14H2,1-2H3/q+1. The number of hydrogen-bond donors (Lipinski definition) is 1. The molecule has 13 heteroatoms. The third-order valence-corrected chi connectivity index (χ3v) is 6.39. The summed E-state index contributed by atoms with van der Waals surface area (Å²) in [5.74, 6) is -0.0496. The molecule has 9 nitrogen and oxygen atoms in total. The molecule has 1 saturated heterocycles. The van der Waals surface area contributed by atoms with Gasteiger partial charge in [-0.1, -0.05) is 0 Å². The molecule has 1 aliphatic rings. The zero-order valence-electron chi connectivity index (χ0n) is 20.7. The summed E-state index contributed by atoms with van der Waals surface area (Å²) < 4.78 is 68.9. The van der Waals surface area contributed by atoms with Crippen LogP contribution in [0.4, 0.5) is 24.5 Å². The van der Waals surface area contributed by atoms with E-state index >= 15 is 0 Å². The first-order valence-corrected chi connectivity index (χ1v) is 12.4. The molecule has 0 aromatic heterocycles. The maximum atomic E-state index is 13.5. The molecule has 1 N–H and O–H groups in total. The van der Waals surface area contributed by atoms with Crippen molar-refractivity contribution in [2.75, 3.05) is 49.4 Å². The van der Waals surface area contributed by atoms with Crippen molar-refractivity contribution >= 4 is 28.9 Å². The van der Waals surface area contributed by atoms with E-state index in [0.29, 0.717) is 31.3 Å². The average Bonchev–Trinajstić information content (AvgIpc) is 3.09. The number of carbonyl (C=O) groups excluding carboxylic acids is 1. The van der Waals surface area contributed by atoms with Crippen LogP contribution in [-0.2, 0) is 36.3 Å². The summed E-state index contributed by atoms with van der Waals surface area (Å²) in [6, 6.07) is 11.1. The van der Waals surface area contributed by atoms with Gasteiger partial charge in [0.05, 0.1) is 55.9 Å². The molecule has 0 spiro atoms. The fourth-order valence-corrected chi connectivity index (χ4v) is 4.77. The van der Waals surface area contributed by atoms with Crippen molar-refractivity contribution in [1.82, 2.24) is 0 Å². The number of anilines is 2. The number of rotatable bonds is 12. The maximum absolute atomic E-state index is 13.5. The molecule has 1 fully saturated rings. The van der Waals surface area contributed by atoms with Crippen LogP contribution in [-0.4, -0.2) is 61.7 Å². The Hall–Kier alpha value is -3.31. The van der Waals surface area contributed by atoms with Crippen molar-refractivity contribution < 1.29 is 41.5 Å². The SMILES string of the molecule is CC1(C)C(=O)N(c2ccc(C#N)c(C(F)(F)F)c2)C([S+]=O)N1c1ccc(OCCOCCOCCO)cc1. The normalized spacial score (nSPS) is 17.0. The predicted molar refractivity (Wildman–Crippen MR) is 133 cm³/mol. The summed E-state index contributed by atoms with van der Waals surface area (Å²) in [6.45, 7) is 4.65. The van der Waals surface area contributed by atoms with E-state index in [0.717, 1.165) is 17.0 Å². The van der Waals surface area contributed by atoms with Crippen molar-refractivity contribution in [3.8, 4) is 11.8 Å². The molecule has 2 aromatic rings. The minimum atomic E-state index is -4.81. The largest absolute Gasteiger partial charge is 0.511 e. The lowest BCUT2D eigenvalue weighted by Gasteiger charge is -2.28. The molecule has 0 aliphatic carbocycles. The number of alkyl halides is 3. The highest BCUT2D eigenvalue weighted by molar-refractivity contribution is 7.66. The Morgan fingerprint density at radius 3 is 2.21 bits per heavy atom. The lowest BCUT2D eigenvalue weighted by molar-refractivity contribution is -0.137. The Balaban J connectivity index is 1.76. The van der Waals surface area contributed by atoms with Crippen molar-refractivity contribution in [3.63, 3.8) is 0 Å². The van der Waals surface area contributed by atoms with Crippen molar-refractivity contribution in [3.05, 3.63) is 53.6 Å². The molecule has 0 bridgehead atoms. The topological polar surface area (TPSA) is 112 Å². The van der Waals surface area contributed by atoms with E-state index in [4.69, 9.17) is 24.6 Å². The first-order chi connectivity index (χ1) is 18.1. The summed E-state index contributed by atoms with van der Waals surface area (Å²) in [5.41, 5.74) is -3.84. The number of benzene rings is 2. The summed E-state index contributed by atoms with van der Waals surface area (Å²) >= 11 is 0.0610. The fourth-order valence-electron chi connectivity index (χ4n) is 3.99. The van der Waals surface area contributed by atoms with Crippen LogP contribution in [0.1, 0.15) is 25.0 Å². The number of nitriles is 1. The molecule has 2 aromatic carbocycles. The van der Waals surface area contributed by atoms with Crippen LogP contribution in [0.15, 0.2) is 42.5 Å². The van der Waals surface area contributed by atoms with E-state index in [-0.39, 0.29) is 37.2 Å². The molecule has 38 heavy (non-hydrogen) atoms. The lowest BCUT2D eigenvalue weighted by Crippen LogP contribution is -2.46.